The first-order chi connectivity index (χ1) is 6.92. The van der Waals surface area contributed by atoms with E-state index in [0.29, 0.717) is 5.56 Å². The van der Waals surface area contributed by atoms with Gasteiger partial charge in [-0.3, -0.25) is 0 Å². The van der Waals surface area contributed by atoms with Gasteiger partial charge in [-0.2, -0.15) is 0 Å². The van der Waals surface area contributed by atoms with Crippen molar-refractivity contribution in [2.24, 2.45) is 11.3 Å². The summed E-state index contributed by atoms with van der Waals surface area (Å²) in [6, 6.07) is 3.58. The van der Waals surface area contributed by atoms with E-state index < -0.39 is 17.7 Å². The zero-order valence-electron chi connectivity index (χ0n) is 8.80. The number of rotatable bonds is 2. The maximum Gasteiger partial charge on any atom is 0.159 e. The molecule has 2 atom stereocenters. The number of hydrogen-bond acceptors (Lipinski definition) is 1. The molecule has 0 bridgehead atoms. The number of aliphatic hydroxyl groups is 1. The molecule has 1 fully saturated rings. The first-order valence-electron chi connectivity index (χ1n) is 5.05. The summed E-state index contributed by atoms with van der Waals surface area (Å²) in [5.74, 6) is -1.62. The first kappa shape index (κ1) is 10.6. The lowest BCUT2D eigenvalue weighted by molar-refractivity contribution is 0.138. The van der Waals surface area contributed by atoms with E-state index in [0.717, 1.165) is 18.6 Å². The Morgan fingerprint density at radius 1 is 1.33 bits per heavy atom. The SMILES string of the molecule is CC1(C)CC1C(O)c1ccc(F)c(F)c1. The zero-order chi connectivity index (χ0) is 11.2. The van der Waals surface area contributed by atoms with Crippen LogP contribution in [0, 0.1) is 23.0 Å². The molecule has 0 radical (unpaired) electrons. The van der Waals surface area contributed by atoms with Crippen LogP contribution in [0.5, 0.6) is 0 Å². The molecular formula is C12H14F2O. The minimum absolute atomic E-state index is 0.115. The lowest BCUT2D eigenvalue weighted by Gasteiger charge is -2.12. The quantitative estimate of drug-likeness (QED) is 0.798. The number of benzene rings is 1. The van der Waals surface area contributed by atoms with Gasteiger partial charge in [-0.1, -0.05) is 19.9 Å². The van der Waals surface area contributed by atoms with Crippen molar-refractivity contribution in [2.45, 2.75) is 26.4 Å². The van der Waals surface area contributed by atoms with Gasteiger partial charge in [0.15, 0.2) is 11.6 Å². The fourth-order valence-electron chi connectivity index (χ4n) is 1.98. The second-order valence-corrected chi connectivity index (χ2v) is 4.92. The minimum Gasteiger partial charge on any atom is -0.388 e. The Bertz CT molecular complexity index is 387. The summed E-state index contributed by atoms with van der Waals surface area (Å²) in [5, 5.41) is 9.92. The summed E-state index contributed by atoms with van der Waals surface area (Å²) in [7, 11) is 0. The predicted octanol–water partition coefficient (Wildman–Crippen LogP) is 3.04. The van der Waals surface area contributed by atoms with Gasteiger partial charge in [-0.05, 0) is 35.4 Å². The van der Waals surface area contributed by atoms with Crippen LogP contribution in [0.25, 0.3) is 0 Å². The minimum atomic E-state index is -0.898. The molecule has 15 heavy (non-hydrogen) atoms. The molecule has 2 unspecified atom stereocenters. The van der Waals surface area contributed by atoms with E-state index in [1.54, 1.807) is 0 Å². The monoisotopic (exact) mass is 212 g/mol. The van der Waals surface area contributed by atoms with Crippen LogP contribution in [0.2, 0.25) is 0 Å². The van der Waals surface area contributed by atoms with Crippen LogP contribution in [-0.2, 0) is 0 Å². The average molecular weight is 212 g/mol. The summed E-state index contributed by atoms with van der Waals surface area (Å²) < 4.78 is 25.6. The van der Waals surface area contributed by atoms with Crippen molar-refractivity contribution in [1.29, 1.82) is 0 Å². The molecule has 1 aliphatic carbocycles. The summed E-state index contributed by atoms with van der Waals surface area (Å²) in [5.41, 5.74) is 0.578. The Morgan fingerprint density at radius 2 is 1.93 bits per heavy atom. The molecule has 0 saturated heterocycles. The highest BCUT2D eigenvalue weighted by molar-refractivity contribution is 5.23. The third kappa shape index (κ3) is 1.88. The smallest absolute Gasteiger partial charge is 0.159 e. The molecule has 0 amide bonds. The Labute approximate surface area is 87.7 Å². The third-order valence-electron chi connectivity index (χ3n) is 3.26. The van der Waals surface area contributed by atoms with E-state index in [2.05, 4.69) is 13.8 Å². The third-order valence-corrected chi connectivity index (χ3v) is 3.26. The predicted molar refractivity (Wildman–Crippen MR) is 53.2 cm³/mol. The van der Waals surface area contributed by atoms with Crippen LogP contribution in [0.1, 0.15) is 31.9 Å². The maximum absolute atomic E-state index is 12.9. The molecule has 0 aliphatic heterocycles. The average Bonchev–Trinajstić information content (AvgIpc) is 2.79. The lowest BCUT2D eigenvalue weighted by Crippen LogP contribution is -2.05. The van der Waals surface area contributed by atoms with Gasteiger partial charge in [0.2, 0.25) is 0 Å². The second-order valence-electron chi connectivity index (χ2n) is 4.92. The highest BCUT2D eigenvalue weighted by Crippen LogP contribution is 2.57. The number of hydrogen-bond donors (Lipinski definition) is 1. The highest BCUT2D eigenvalue weighted by atomic mass is 19.2. The van der Waals surface area contributed by atoms with Crippen LogP contribution in [0.15, 0.2) is 18.2 Å². The maximum atomic E-state index is 12.9. The van der Waals surface area contributed by atoms with Crippen LogP contribution >= 0.6 is 0 Å². The van der Waals surface area contributed by atoms with Crippen molar-refractivity contribution in [3.63, 3.8) is 0 Å². The van der Waals surface area contributed by atoms with Crippen molar-refractivity contribution < 1.29 is 13.9 Å². The largest absolute Gasteiger partial charge is 0.388 e. The van der Waals surface area contributed by atoms with E-state index in [1.807, 2.05) is 0 Å². The summed E-state index contributed by atoms with van der Waals surface area (Å²) in [4.78, 5) is 0. The van der Waals surface area contributed by atoms with Gasteiger partial charge in [0.1, 0.15) is 0 Å². The van der Waals surface area contributed by atoms with E-state index in [4.69, 9.17) is 0 Å². The van der Waals surface area contributed by atoms with E-state index in [9.17, 15) is 13.9 Å². The molecule has 0 spiro atoms. The van der Waals surface area contributed by atoms with Gasteiger partial charge >= 0.3 is 0 Å². The molecule has 0 aromatic heterocycles. The van der Waals surface area contributed by atoms with Crippen molar-refractivity contribution in [2.75, 3.05) is 0 Å². The molecule has 2 rings (SSSR count). The second kappa shape index (κ2) is 3.27. The first-order valence-corrected chi connectivity index (χ1v) is 5.05. The van der Waals surface area contributed by atoms with Crippen molar-refractivity contribution in [3.8, 4) is 0 Å². The highest BCUT2D eigenvalue weighted by Gasteiger charge is 2.50. The summed E-state index contributed by atoms with van der Waals surface area (Å²) in [6.45, 7) is 4.11. The Balaban J connectivity index is 2.20. The van der Waals surface area contributed by atoms with Gasteiger partial charge in [-0.25, -0.2) is 8.78 Å². The molecule has 1 aromatic rings. The summed E-state index contributed by atoms with van der Waals surface area (Å²) in [6.07, 6.45) is 0.239. The van der Waals surface area contributed by atoms with Crippen molar-refractivity contribution >= 4 is 0 Å². The lowest BCUT2D eigenvalue weighted by atomic mass is 9.99. The van der Waals surface area contributed by atoms with Crippen molar-refractivity contribution in [1.82, 2.24) is 0 Å². The fourth-order valence-corrected chi connectivity index (χ4v) is 1.98. The summed E-state index contributed by atoms with van der Waals surface area (Å²) >= 11 is 0. The van der Waals surface area contributed by atoms with Crippen LogP contribution < -0.4 is 0 Å². The molecule has 1 saturated carbocycles. The van der Waals surface area contributed by atoms with Gasteiger partial charge in [0.25, 0.3) is 0 Å². The fraction of sp³-hybridized carbons (Fsp3) is 0.500. The Hall–Kier alpha value is -0.960. The van der Waals surface area contributed by atoms with E-state index in [1.165, 1.54) is 6.07 Å². The molecule has 1 nitrogen and oxygen atoms in total. The molecule has 3 heteroatoms. The van der Waals surface area contributed by atoms with E-state index in [-0.39, 0.29) is 11.3 Å². The van der Waals surface area contributed by atoms with Crippen molar-refractivity contribution in [3.05, 3.63) is 35.4 Å². The molecule has 1 aliphatic rings. The van der Waals surface area contributed by atoms with E-state index >= 15 is 0 Å². The molecule has 1 aromatic carbocycles. The Morgan fingerprint density at radius 3 is 2.40 bits per heavy atom. The Kier molecular flexibility index (Phi) is 2.30. The van der Waals surface area contributed by atoms with Crippen LogP contribution in [-0.4, -0.2) is 5.11 Å². The number of aliphatic hydroxyl groups excluding tert-OH is 1. The molecule has 82 valence electrons. The zero-order valence-corrected chi connectivity index (χ0v) is 8.80. The molecule has 1 N–H and O–H groups in total. The van der Waals surface area contributed by atoms with Gasteiger partial charge < -0.3 is 5.11 Å². The van der Waals surface area contributed by atoms with Crippen LogP contribution in [0.3, 0.4) is 0 Å². The van der Waals surface area contributed by atoms with Gasteiger partial charge in [0, 0.05) is 0 Å². The van der Waals surface area contributed by atoms with Gasteiger partial charge in [-0.15, -0.1) is 0 Å². The normalized spacial score (nSPS) is 25.0. The van der Waals surface area contributed by atoms with Crippen LogP contribution in [0.4, 0.5) is 8.78 Å². The number of halogens is 2. The molecular weight excluding hydrogens is 198 g/mol. The standard InChI is InChI=1S/C12H14F2O/c1-12(2)6-8(12)11(15)7-3-4-9(13)10(14)5-7/h3-5,8,11,15H,6H2,1-2H3. The topological polar surface area (TPSA) is 20.2 Å². The van der Waals surface area contributed by atoms with Gasteiger partial charge in [0.05, 0.1) is 6.10 Å². The molecule has 0 heterocycles.